The Morgan fingerprint density at radius 3 is 1.70 bits per heavy atom. The first-order valence-electron chi connectivity index (χ1n) is 19.2. The topological polar surface area (TPSA) is 164 Å². The molecule has 0 radical (unpaired) electrons. The number of aromatic nitrogens is 9. The number of nitrogens with zero attached hydrogens (tertiary/aromatic N) is 7. The van der Waals surface area contributed by atoms with Crippen molar-refractivity contribution in [2.45, 2.75) is 33.4 Å². The van der Waals surface area contributed by atoms with E-state index in [0.717, 1.165) is 5.52 Å². The molecule has 0 spiro atoms. The maximum atomic E-state index is 14.1. The maximum absolute atomic E-state index is 14.1. The van der Waals surface area contributed by atoms with E-state index in [1.165, 1.54) is 23.0 Å². The lowest BCUT2D eigenvalue weighted by atomic mass is 10.1. The second-order valence-electron chi connectivity index (χ2n) is 14.3. The van der Waals surface area contributed by atoms with Crippen molar-refractivity contribution in [2.75, 3.05) is 10.6 Å². The second-order valence-corrected chi connectivity index (χ2v) is 15.0. The van der Waals surface area contributed by atoms with E-state index in [2.05, 4.69) is 45.5 Å². The molecule has 10 rings (SSSR count). The monoisotopic (exact) mass is 883 g/mol. The van der Waals surface area contributed by atoms with Crippen molar-refractivity contribution in [3.63, 3.8) is 0 Å². The molecule has 10 aromatic rings. The zero-order valence-electron chi connectivity index (χ0n) is 32.7. The molecule has 6 heterocycles. The number of aromatic amines is 2. The molecule has 13 nitrogen and oxygen atoms in total. The van der Waals surface area contributed by atoms with Crippen LogP contribution < -0.4 is 21.8 Å². The van der Waals surface area contributed by atoms with Gasteiger partial charge in [0.25, 0.3) is 11.1 Å². The number of hydrogen-bond donors (Lipinski definition) is 4. The molecule has 0 aliphatic rings. The first kappa shape index (κ1) is 42.2. The minimum atomic E-state index is -0.632. The number of nitrogens with one attached hydrogen (secondary N) is 4. The van der Waals surface area contributed by atoms with Crippen molar-refractivity contribution in [3.8, 4) is 11.4 Å². The van der Waals surface area contributed by atoms with Crippen LogP contribution >= 0.6 is 23.2 Å². The number of H-pyrrole nitrogens is 2. The lowest BCUT2D eigenvalue weighted by Crippen LogP contribution is -2.26. The fourth-order valence-corrected chi connectivity index (χ4v) is 7.95. The van der Waals surface area contributed by atoms with Crippen LogP contribution in [0.15, 0.2) is 138 Å². The van der Waals surface area contributed by atoms with Gasteiger partial charge in [-0.2, -0.15) is 0 Å². The highest BCUT2D eigenvalue weighted by molar-refractivity contribution is 6.36. The largest absolute Gasteiger partial charge is 0.360 e. The van der Waals surface area contributed by atoms with Crippen molar-refractivity contribution >= 4 is 78.6 Å². The number of halogens is 4. The van der Waals surface area contributed by atoms with E-state index < -0.39 is 17.2 Å². The Hall–Kier alpha value is -7.49. The summed E-state index contributed by atoms with van der Waals surface area (Å²) in [6, 6.07) is 28.8. The zero-order valence-corrected chi connectivity index (χ0v) is 34.2. The second kappa shape index (κ2) is 17.5. The van der Waals surface area contributed by atoms with Crippen molar-refractivity contribution < 1.29 is 8.78 Å². The Bertz CT molecular complexity index is 3190. The molecule has 0 fully saturated rings. The molecule has 316 valence electrons. The summed E-state index contributed by atoms with van der Waals surface area (Å²) in [6.45, 7) is 3.84. The summed E-state index contributed by atoms with van der Waals surface area (Å²) in [5, 5.41) is 7.73. The maximum Gasteiger partial charge on any atom is 0.264 e. The van der Waals surface area contributed by atoms with Crippen LogP contribution in [0, 0.1) is 11.6 Å². The van der Waals surface area contributed by atoms with Crippen LogP contribution in [0.2, 0.25) is 10.0 Å². The van der Waals surface area contributed by atoms with Gasteiger partial charge in [0, 0.05) is 29.0 Å². The molecule has 0 aliphatic carbocycles. The first-order valence-corrected chi connectivity index (χ1v) is 20.0. The SMILES string of the molecule is C.C[C@@H](Nc1nccc2[nH]cnc12)c1cc2ccc(F)c(Cl)c2c(=O)n1-c1ccccc1.C[C@H](Nc1ncnc2nc[nH]c12)c1cc2ccc(F)c(Cl)c2c(=O)n1-c1ccccc1. The van der Waals surface area contributed by atoms with Crippen LogP contribution in [0.3, 0.4) is 0 Å². The number of para-hydroxylation sites is 2. The van der Waals surface area contributed by atoms with Gasteiger partial charge in [-0.15, -0.1) is 0 Å². The number of hydrogen-bond acceptors (Lipinski definition) is 9. The van der Waals surface area contributed by atoms with Gasteiger partial charge < -0.3 is 20.6 Å². The molecule has 4 aromatic carbocycles. The third kappa shape index (κ3) is 7.83. The number of imidazole rings is 2. The van der Waals surface area contributed by atoms with E-state index in [1.54, 1.807) is 35.6 Å². The quantitative estimate of drug-likeness (QED) is 0.116. The van der Waals surface area contributed by atoms with Gasteiger partial charge >= 0.3 is 0 Å². The highest BCUT2D eigenvalue weighted by Gasteiger charge is 2.22. The lowest BCUT2D eigenvalue weighted by molar-refractivity contribution is 0.629. The van der Waals surface area contributed by atoms with Crippen molar-refractivity contribution in [1.29, 1.82) is 0 Å². The molecule has 6 aromatic heterocycles. The summed E-state index contributed by atoms with van der Waals surface area (Å²) in [4.78, 5) is 54.4. The van der Waals surface area contributed by atoms with Crippen LogP contribution in [0.1, 0.15) is 44.7 Å². The van der Waals surface area contributed by atoms with Gasteiger partial charge in [0.2, 0.25) is 0 Å². The molecule has 0 unspecified atom stereocenters. The molecular weight excluding hydrogens is 847 g/mol. The molecule has 0 saturated carbocycles. The summed E-state index contributed by atoms with van der Waals surface area (Å²) < 4.78 is 31.3. The van der Waals surface area contributed by atoms with Crippen LogP contribution in [0.25, 0.3) is 55.1 Å². The third-order valence-corrected chi connectivity index (χ3v) is 11.1. The van der Waals surface area contributed by atoms with Gasteiger partial charge in [0.15, 0.2) is 17.3 Å². The predicted molar refractivity (Wildman–Crippen MR) is 245 cm³/mol. The van der Waals surface area contributed by atoms with Gasteiger partial charge in [-0.1, -0.05) is 79.2 Å². The van der Waals surface area contributed by atoms with E-state index in [9.17, 15) is 18.4 Å². The Kier molecular flexibility index (Phi) is 11.7. The van der Waals surface area contributed by atoms with Gasteiger partial charge in [-0.3, -0.25) is 18.7 Å². The summed E-state index contributed by atoms with van der Waals surface area (Å²) in [5.74, 6) is -0.110. The molecule has 0 bridgehead atoms. The Morgan fingerprint density at radius 1 is 0.619 bits per heavy atom. The molecular formula is C46H37Cl2F2N11O2. The highest BCUT2D eigenvalue weighted by atomic mass is 35.5. The number of rotatable bonds is 8. The van der Waals surface area contributed by atoms with E-state index >= 15 is 0 Å². The number of pyridine rings is 3. The van der Waals surface area contributed by atoms with E-state index in [1.807, 2.05) is 92.7 Å². The Labute approximate surface area is 367 Å². The van der Waals surface area contributed by atoms with E-state index in [0.29, 0.717) is 61.9 Å². The Morgan fingerprint density at radius 2 is 1.14 bits per heavy atom. The summed E-state index contributed by atoms with van der Waals surface area (Å²) in [5.41, 5.74) is 4.61. The smallest absolute Gasteiger partial charge is 0.264 e. The molecule has 0 aliphatic heterocycles. The fraction of sp³-hybridized carbons (Fsp3) is 0.109. The highest BCUT2D eigenvalue weighted by Crippen LogP contribution is 2.31. The van der Waals surface area contributed by atoms with Gasteiger partial charge in [0.05, 0.1) is 51.1 Å². The number of benzene rings is 4. The van der Waals surface area contributed by atoms with Crippen LogP contribution in [0.4, 0.5) is 20.4 Å². The number of fused-ring (bicyclic) bond motifs is 4. The number of anilines is 2. The first-order chi connectivity index (χ1) is 30.1. The zero-order chi connectivity index (χ0) is 43.1. The molecule has 17 heteroatoms. The summed E-state index contributed by atoms with van der Waals surface area (Å²) >= 11 is 12.4. The minimum absolute atomic E-state index is 0. The van der Waals surface area contributed by atoms with Gasteiger partial charge in [-0.25, -0.2) is 33.7 Å². The van der Waals surface area contributed by atoms with Crippen molar-refractivity contribution in [1.82, 2.24) is 44.0 Å². The Balaban J connectivity index is 0.000000170. The van der Waals surface area contributed by atoms with E-state index in [-0.39, 0.29) is 45.9 Å². The average molecular weight is 885 g/mol. The minimum Gasteiger partial charge on any atom is -0.360 e. The van der Waals surface area contributed by atoms with Crippen molar-refractivity contribution in [3.05, 3.63) is 182 Å². The summed E-state index contributed by atoms with van der Waals surface area (Å²) in [6.07, 6.45) is 6.25. The standard InChI is InChI=1S/C23H17ClFN5O.C22H16ClFN6O.CH4/c1-13(29-22-21-17(9-10-26-22)27-12-28-21)18-11-14-7-8-16(25)20(24)19(14)23(31)30(18)15-5-3-2-4-6-15;1-12(29-21-19-20(26-10-25-19)27-11-28-21)16-9-13-7-8-15(24)18(23)17(13)22(31)30(16)14-5-3-2-4-6-14;/h2-13H,1H3,(H,26,29)(H,27,28);2-12H,1H3,(H2,25,26,27,28,29);1H4/t13-;12-;/m10./s1. The molecule has 0 saturated heterocycles. The van der Waals surface area contributed by atoms with E-state index in [4.69, 9.17) is 23.2 Å². The third-order valence-electron chi connectivity index (χ3n) is 10.4. The lowest BCUT2D eigenvalue weighted by Gasteiger charge is -2.21. The van der Waals surface area contributed by atoms with Crippen LogP contribution in [-0.4, -0.2) is 44.0 Å². The molecule has 2 atom stereocenters. The average Bonchev–Trinajstić information content (AvgIpc) is 3.98. The normalized spacial score (nSPS) is 12.2. The molecule has 63 heavy (non-hydrogen) atoms. The fourth-order valence-electron chi connectivity index (χ4n) is 7.44. The van der Waals surface area contributed by atoms with Crippen LogP contribution in [-0.2, 0) is 0 Å². The molecule has 4 N–H and O–H groups in total. The molecule has 0 amide bonds. The van der Waals surface area contributed by atoms with Crippen LogP contribution in [0.5, 0.6) is 0 Å². The van der Waals surface area contributed by atoms with Gasteiger partial charge in [-0.05, 0) is 79.2 Å². The van der Waals surface area contributed by atoms with Crippen molar-refractivity contribution in [2.24, 2.45) is 0 Å². The predicted octanol–water partition coefficient (Wildman–Crippen LogP) is 10.5. The van der Waals surface area contributed by atoms with Gasteiger partial charge in [0.1, 0.15) is 29.0 Å². The summed E-state index contributed by atoms with van der Waals surface area (Å²) in [7, 11) is 0.